The number of ether oxygens (including phenoxy) is 3. The van der Waals surface area contributed by atoms with E-state index in [1.54, 1.807) is 42.5 Å². The lowest BCUT2D eigenvalue weighted by Gasteiger charge is -2.18. The smallest absolute Gasteiger partial charge is 0.309 e. The van der Waals surface area contributed by atoms with Gasteiger partial charge in [0.15, 0.2) is 11.5 Å². The highest BCUT2D eigenvalue weighted by molar-refractivity contribution is 7.93. The van der Waals surface area contributed by atoms with Gasteiger partial charge in [0.1, 0.15) is 32.7 Å². The third-order valence-electron chi connectivity index (χ3n) is 11.7. The number of halogens is 4. The summed E-state index contributed by atoms with van der Waals surface area (Å²) in [6.07, 6.45) is 0.0411. The molecule has 0 bridgehead atoms. The summed E-state index contributed by atoms with van der Waals surface area (Å²) in [4.78, 5) is 29.1. The molecule has 0 aliphatic heterocycles. The lowest BCUT2D eigenvalue weighted by molar-refractivity contribution is -0.140. The van der Waals surface area contributed by atoms with Crippen molar-refractivity contribution in [1.29, 1.82) is 0 Å². The summed E-state index contributed by atoms with van der Waals surface area (Å²) in [5.74, 6) is 0.326. The molecule has 14 nitrogen and oxygen atoms in total. The molecule has 0 aliphatic carbocycles. The molecule has 0 fully saturated rings. The van der Waals surface area contributed by atoms with Gasteiger partial charge in [0.25, 0.3) is 20.0 Å². The number of anilines is 2. The number of fused-ring (bicyclic) bond motifs is 2. The van der Waals surface area contributed by atoms with Crippen molar-refractivity contribution < 1.29 is 45.7 Å². The lowest BCUT2D eigenvalue weighted by atomic mass is 10.00. The molecule has 0 unspecified atom stereocenters. The first-order valence-electron chi connectivity index (χ1n) is 21.5. The predicted octanol–water partition coefficient (Wildman–Crippen LogP) is 13.3. The average molecular weight is 1080 g/mol. The van der Waals surface area contributed by atoms with Crippen molar-refractivity contribution >= 4 is 112 Å². The second-order valence-corrected chi connectivity index (χ2v) is 21.5. The number of methoxy groups -OCH3 is 1. The number of benzene rings is 6. The number of carbonyl (C=O) groups excluding carboxylic acids is 1. The maximum Gasteiger partial charge on any atom is 0.309 e. The average Bonchev–Trinajstić information content (AvgIpc) is 3.88. The third kappa shape index (κ3) is 11.7. The molecule has 6 aromatic carbocycles. The lowest BCUT2D eigenvalue weighted by Crippen LogP contribution is -2.14. The van der Waals surface area contributed by atoms with E-state index in [9.17, 15) is 26.4 Å². The van der Waals surface area contributed by atoms with Gasteiger partial charge in [-0.25, -0.2) is 16.8 Å². The third-order valence-corrected chi connectivity index (χ3v) is 15.8. The standard InChI is InChI=1S/C26H24Cl2N2O5S.C25H22Cl2N2O5S/c1-14-11-19-21(29-14)7-9-23(26(19)30-36(32,33)24-10-6-18(27)13-20(24)28)35-22-8-5-17(12-25(31)34-4)15(2)16(22)3;1-13-10-18-20(28-13)6-8-22(34-21-7-4-16(11-24(30)31)14(2)15(21)3)25(18)29-35(32,33)23-9-5-17(26)12-19(23)27/h5-11,13,29-30H,12H2,1-4H3;4-10,12,28-29H,11H2,1-3H3,(H,30,31). The van der Waals surface area contributed by atoms with Crippen LogP contribution in [0.1, 0.15) is 44.8 Å². The summed E-state index contributed by atoms with van der Waals surface area (Å²) < 4.78 is 75.8. The van der Waals surface area contributed by atoms with E-state index < -0.39 is 26.0 Å². The number of nitrogens with one attached hydrogen (secondary N) is 4. The molecule has 8 aromatic rings. The van der Waals surface area contributed by atoms with Crippen LogP contribution >= 0.6 is 46.4 Å². The molecule has 20 heteroatoms. The minimum atomic E-state index is -4.10. The molecule has 0 amide bonds. The molecule has 0 saturated heterocycles. The van der Waals surface area contributed by atoms with Crippen LogP contribution in [0.2, 0.25) is 20.1 Å². The summed E-state index contributed by atoms with van der Waals surface area (Å²) in [5, 5.41) is 11.0. The molecular formula is C51H46Cl4N4O10S2. The van der Waals surface area contributed by atoms with Crippen LogP contribution in [-0.4, -0.2) is 51.0 Å². The second-order valence-electron chi connectivity index (χ2n) is 16.5. The molecule has 0 spiro atoms. The first kappa shape index (κ1) is 52.4. The number of sulfonamides is 2. The summed E-state index contributed by atoms with van der Waals surface area (Å²) in [5.41, 5.74) is 8.39. The largest absolute Gasteiger partial charge is 0.481 e. The van der Waals surface area contributed by atoms with Crippen LogP contribution in [0, 0.1) is 41.5 Å². The number of rotatable bonds is 14. The molecule has 2 heterocycles. The zero-order chi connectivity index (χ0) is 51.7. The summed E-state index contributed by atoms with van der Waals surface area (Å²) >= 11 is 24.3. The number of hydrogen-bond donors (Lipinski definition) is 5. The molecule has 0 saturated carbocycles. The van der Waals surface area contributed by atoms with Crippen LogP contribution in [0.15, 0.2) is 107 Å². The van der Waals surface area contributed by atoms with Crippen molar-refractivity contribution in [2.75, 3.05) is 16.6 Å². The number of aryl methyl sites for hydroxylation is 2. The Balaban J connectivity index is 0.000000209. The van der Waals surface area contributed by atoms with Gasteiger partial charge in [-0.2, -0.15) is 0 Å². The Kier molecular flexibility index (Phi) is 15.6. The van der Waals surface area contributed by atoms with Crippen LogP contribution in [0.4, 0.5) is 11.4 Å². The number of carboxylic acids is 1. The van der Waals surface area contributed by atoms with Gasteiger partial charge >= 0.3 is 11.9 Å². The zero-order valence-electron chi connectivity index (χ0n) is 39.1. The topological polar surface area (TPSA) is 206 Å². The molecule has 2 aromatic heterocycles. The van der Waals surface area contributed by atoms with Crippen molar-refractivity contribution in [2.45, 2.75) is 64.2 Å². The number of carboxylic acid groups (broad SMARTS) is 1. The van der Waals surface area contributed by atoms with Crippen LogP contribution in [0.5, 0.6) is 23.0 Å². The molecule has 8 rings (SSSR count). The fraction of sp³-hybridized carbons (Fsp3) is 0.176. The molecule has 0 aliphatic rings. The molecular weight excluding hydrogens is 1030 g/mol. The van der Waals surface area contributed by atoms with E-state index in [1.807, 2.05) is 59.7 Å². The van der Waals surface area contributed by atoms with E-state index in [0.29, 0.717) is 43.6 Å². The van der Waals surface area contributed by atoms with Gasteiger partial charge in [0, 0.05) is 43.2 Å². The summed E-state index contributed by atoms with van der Waals surface area (Å²) in [6.45, 7) is 11.2. The van der Waals surface area contributed by atoms with E-state index in [-0.39, 0.29) is 55.8 Å². The van der Waals surface area contributed by atoms with Crippen molar-refractivity contribution in [2.24, 2.45) is 0 Å². The SMILES string of the molecule is COC(=O)Cc1ccc(Oc2ccc3[nH]c(C)cc3c2NS(=O)(=O)c2ccc(Cl)cc2Cl)c(C)c1C.Cc1cc2c(NS(=O)(=O)c3ccc(Cl)cc3Cl)c(Oc3ccc(CC(=O)O)c(C)c3C)ccc2[nH]1. The second kappa shape index (κ2) is 21.1. The van der Waals surface area contributed by atoms with Gasteiger partial charge in [-0.3, -0.25) is 19.0 Å². The van der Waals surface area contributed by atoms with Gasteiger partial charge in [0.05, 0.1) is 30.0 Å². The van der Waals surface area contributed by atoms with E-state index in [0.717, 1.165) is 50.2 Å². The summed E-state index contributed by atoms with van der Waals surface area (Å²) in [6, 6.07) is 25.9. The van der Waals surface area contributed by atoms with Gasteiger partial charge in [0.2, 0.25) is 0 Å². The molecule has 0 atom stereocenters. The van der Waals surface area contributed by atoms with Crippen LogP contribution < -0.4 is 18.9 Å². The molecule has 0 radical (unpaired) electrons. The monoisotopic (exact) mass is 1080 g/mol. The van der Waals surface area contributed by atoms with E-state index in [4.69, 9.17) is 65.7 Å². The first-order valence-corrected chi connectivity index (χ1v) is 26.0. The Morgan fingerprint density at radius 2 is 0.930 bits per heavy atom. The fourth-order valence-corrected chi connectivity index (χ4v) is 11.5. The van der Waals surface area contributed by atoms with Gasteiger partial charge in [-0.15, -0.1) is 0 Å². The van der Waals surface area contributed by atoms with Gasteiger partial charge in [-0.1, -0.05) is 58.5 Å². The quantitative estimate of drug-likeness (QED) is 0.0651. The fourth-order valence-electron chi connectivity index (χ4n) is 7.73. The van der Waals surface area contributed by atoms with Crippen LogP contribution in [0.25, 0.3) is 21.8 Å². The molecule has 5 N–H and O–H groups in total. The number of carbonyl (C=O) groups is 2. The van der Waals surface area contributed by atoms with Gasteiger partial charge < -0.3 is 29.3 Å². The summed E-state index contributed by atoms with van der Waals surface area (Å²) in [7, 11) is -6.83. The maximum atomic E-state index is 13.3. The Morgan fingerprint density at radius 3 is 1.31 bits per heavy atom. The number of aromatic nitrogens is 2. The minimum Gasteiger partial charge on any atom is -0.481 e. The highest BCUT2D eigenvalue weighted by atomic mass is 35.5. The number of hydrogen-bond acceptors (Lipinski definition) is 9. The Labute approximate surface area is 430 Å². The van der Waals surface area contributed by atoms with E-state index >= 15 is 0 Å². The number of aliphatic carboxylic acids is 1. The molecule has 370 valence electrons. The maximum absolute atomic E-state index is 13.3. The Bertz CT molecular complexity index is 3650. The highest BCUT2D eigenvalue weighted by Crippen LogP contribution is 2.42. The zero-order valence-corrected chi connectivity index (χ0v) is 43.8. The van der Waals surface area contributed by atoms with Crippen molar-refractivity contribution in [3.63, 3.8) is 0 Å². The Morgan fingerprint density at radius 1 is 0.535 bits per heavy atom. The van der Waals surface area contributed by atoms with Crippen LogP contribution in [0.3, 0.4) is 0 Å². The Hall–Kier alpha value is -6.40. The van der Waals surface area contributed by atoms with Crippen molar-refractivity contribution in [3.8, 4) is 23.0 Å². The number of esters is 1. The number of aromatic amines is 2. The molecule has 71 heavy (non-hydrogen) atoms. The van der Waals surface area contributed by atoms with Crippen LogP contribution in [-0.2, 0) is 47.2 Å². The number of H-pyrrole nitrogens is 2. The van der Waals surface area contributed by atoms with Crippen molar-refractivity contribution in [1.82, 2.24) is 9.97 Å². The van der Waals surface area contributed by atoms with Gasteiger partial charge in [-0.05, 0) is 160 Å². The first-order chi connectivity index (χ1) is 33.5. The minimum absolute atomic E-state index is 0.00237. The normalized spacial score (nSPS) is 11.5. The van der Waals surface area contributed by atoms with E-state index in [1.165, 1.54) is 43.5 Å². The predicted molar refractivity (Wildman–Crippen MR) is 280 cm³/mol. The highest BCUT2D eigenvalue weighted by Gasteiger charge is 2.25. The van der Waals surface area contributed by atoms with E-state index in [2.05, 4.69) is 19.4 Å². The van der Waals surface area contributed by atoms with Crippen molar-refractivity contribution in [3.05, 3.63) is 162 Å².